The number of benzene rings is 2. The first-order valence-corrected chi connectivity index (χ1v) is 18.8. The topological polar surface area (TPSA) is 154 Å². The number of hydrogen-bond acceptors (Lipinski definition) is 6. The minimum Gasteiger partial charge on any atom is -0.453 e. The fraction of sp³-hybridized carbons (Fsp3) is 0.512. The third-order valence-corrected chi connectivity index (χ3v) is 10.9. The summed E-state index contributed by atoms with van der Waals surface area (Å²) < 4.78 is 4.79. The van der Waals surface area contributed by atoms with Crippen LogP contribution in [0, 0.1) is 28.1 Å². The van der Waals surface area contributed by atoms with Gasteiger partial charge in [-0.1, -0.05) is 132 Å². The third kappa shape index (κ3) is 9.22. The van der Waals surface area contributed by atoms with Crippen molar-refractivity contribution in [3.8, 4) is 33.6 Å². The van der Waals surface area contributed by atoms with Gasteiger partial charge >= 0.3 is 6.09 Å². The monoisotopic (exact) mass is 739 g/mol. The maximum atomic E-state index is 13.6. The maximum Gasteiger partial charge on any atom is 0.407 e. The van der Waals surface area contributed by atoms with E-state index in [0.717, 1.165) is 39.5 Å². The van der Waals surface area contributed by atoms with Gasteiger partial charge in [0.05, 0.1) is 30.6 Å². The first kappa shape index (κ1) is 41.8. The molecule has 0 aliphatic carbocycles. The molecule has 2 heterocycles. The van der Waals surface area contributed by atoms with E-state index in [1.54, 1.807) is 6.92 Å². The molecule has 54 heavy (non-hydrogen) atoms. The first-order valence-electron chi connectivity index (χ1n) is 18.8. The molecular formula is C43H61N7O4. The average Bonchev–Trinajstić information content (AvgIpc) is 3.79. The van der Waals surface area contributed by atoms with Crippen LogP contribution in [0.5, 0.6) is 0 Å². The molecule has 0 bridgehead atoms. The quantitative estimate of drug-likeness (QED) is 0.0978. The zero-order valence-corrected chi connectivity index (χ0v) is 34.6. The Kier molecular flexibility index (Phi) is 12.2. The second-order valence-electron chi connectivity index (χ2n) is 17.9. The standard InChI is InChI=1S/C43H61N7O4/c1-25(2)42(11,12)37(51)48-33(40(5,6)7)35-44-23-31(46-35)29-19-15-27(16-20-29)28-17-21-30(22-18-28)32-24-45-36(47-32)34(41(8,9)10)49-38(52)43(13,26(3)4)50-39(53)54-14/h15-26,33-34H,1-14H3,(H,44,46)(H,45,47)(H,48,51)(H,49,52)(H,50,53)/t33-,34-,43-/m1/s1. The van der Waals surface area contributed by atoms with E-state index in [4.69, 9.17) is 14.7 Å². The van der Waals surface area contributed by atoms with Gasteiger partial charge in [0.15, 0.2) is 0 Å². The molecule has 4 rings (SSSR count). The number of H-pyrrole nitrogens is 2. The number of alkyl carbamates (subject to hydrolysis) is 1. The zero-order valence-electron chi connectivity index (χ0n) is 34.6. The number of imidazole rings is 2. The molecule has 11 nitrogen and oxygen atoms in total. The normalized spacial score (nSPS) is 14.7. The summed E-state index contributed by atoms with van der Waals surface area (Å²) in [6, 6.07) is 15.7. The van der Waals surface area contributed by atoms with Crippen LogP contribution in [0.3, 0.4) is 0 Å². The van der Waals surface area contributed by atoms with Gasteiger partial charge in [-0.05, 0) is 40.7 Å². The number of ether oxygens (including phenoxy) is 1. The lowest BCUT2D eigenvalue weighted by molar-refractivity contribution is -0.133. The molecule has 0 spiro atoms. The average molecular weight is 740 g/mol. The van der Waals surface area contributed by atoms with E-state index < -0.39 is 28.5 Å². The molecule has 5 N–H and O–H groups in total. The molecule has 292 valence electrons. The van der Waals surface area contributed by atoms with Crippen LogP contribution in [0.4, 0.5) is 4.79 Å². The highest BCUT2D eigenvalue weighted by atomic mass is 16.5. The van der Waals surface area contributed by atoms with Crippen LogP contribution >= 0.6 is 0 Å². The zero-order chi connectivity index (χ0) is 40.4. The van der Waals surface area contributed by atoms with Gasteiger partial charge in [0, 0.05) is 28.9 Å². The second kappa shape index (κ2) is 15.8. The Morgan fingerprint density at radius 1 is 0.593 bits per heavy atom. The lowest BCUT2D eigenvalue weighted by Crippen LogP contribution is -2.61. The predicted octanol–water partition coefficient (Wildman–Crippen LogP) is 8.99. The van der Waals surface area contributed by atoms with E-state index >= 15 is 0 Å². The molecule has 3 amide bonds. The second-order valence-corrected chi connectivity index (χ2v) is 17.9. The van der Waals surface area contributed by atoms with E-state index in [1.807, 2.05) is 73.0 Å². The van der Waals surface area contributed by atoms with Crippen molar-refractivity contribution in [3.05, 3.63) is 72.6 Å². The Labute approximate surface area is 321 Å². The summed E-state index contributed by atoms with van der Waals surface area (Å²) in [6.07, 6.45) is 3.07. The minimum absolute atomic E-state index is 0.0113. The highest BCUT2D eigenvalue weighted by Gasteiger charge is 2.42. The number of carbonyl (C=O) groups is 3. The number of hydrogen-bond donors (Lipinski definition) is 5. The highest BCUT2D eigenvalue weighted by Crippen LogP contribution is 2.36. The fourth-order valence-electron chi connectivity index (χ4n) is 5.91. The molecule has 4 aromatic rings. The Balaban J connectivity index is 1.50. The fourth-order valence-corrected chi connectivity index (χ4v) is 5.91. The maximum absolute atomic E-state index is 13.6. The molecule has 0 radical (unpaired) electrons. The number of methoxy groups -OCH3 is 1. The molecule has 0 unspecified atom stereocenters. The molecule has 0 saturated carbocycles. The van der Waals surface area contributed by atoms with Crippen LogP contribution in [-0.2, 0) is 14.3 Å². The van der Waals surface area contributed by atoms with Crippen LogP contribution in [0.25, 0.3) is 33.6 Å². The van der Waals surface area contributed by atoms with Crippen molar-refractivity contribution in [1.82, 2.24) is 35.9 Å². The van der Waals surface area contributed by atoms with Crippen molar-refractivity contribution in [2.45, 2.75) is 108 Å². The number of aromatic nitrogens is 4. The largest absolute Gasteiger partial charge is 0.453 e. The van der Waals surface area contributed by atoms with Crippen molar-refractivity contribution in [3.63, 3.8) is 0 Å². The third-order valence-electron chi connectivity index (χ3n) is 10.9. The van der Waals surface area contributed by atoms with E-state index in [-0.39, 0.29) is 35.1 Å². The van der Waals surface area contributed by atoms with Crippen molar-refractivity contribution < 1.29 is 19.1 Å². The number of nitrogens with one attached hydrogen (secondary N) is 5. The summed E-state index contributed by atoms with van der Waals surface area (Å²) >= 11 is 0. The Bertz CT molecular complexity index is 1910. The number of nitrogens with zero attached hydrogens (tertiary/aromatic N) is 2. The molecule has 3 atom stereocenters. The smallest absolute Gasteiger partial charge is 0.407 e. The molecule has 0 aliphatic heterocycles. The molecule has 2 aromatic carbocycles. The number of aromatic amines is 2. The summed E-state index contributed by atoms with van der Waals surface area (Å²) in [7, 11) is 1.28. The van der Waals surface area contributed by atoms with Crippen molar-refractivity contribution in [2.24, 2.45) is 28.1 Å². The van der Waals surface area contributed by atoms with E-state index in [0.29, 0.717) is 5.82 Å². The van der Waals surface area contributed by atoms with E-state index in [2.05, 4.69) is 96.9 Å². The molecule has 0 fully saturated rings. The van der Waals surface area contributed by atoms with E-state index in [9.17, 15) is 14.4 Å². The molecule has 0 aliphatic rings. The van der Waals surface area contributed by atoms with Gasteiger partial charge in [-0.2, -0.15) is 0 Å². The summed E-state index contributed by atoms with van der Waals surface area (Å²) in [4.78, 5) is 55.5. The SMILES string of the molecule is COC(=O)N[C@@](C)(C(=O)N[C@H](c1nc(-c2ccc(-c3ccc(-c4c[nH]c([C@@H](NC(=O)C(C)(C)C(C)C)C(C)(C)C)n4)cc3)cc2)c[nH]1)C(C)(C)C)C(C)C. The summed E-state index contributed by atoms with van der Waals surface area (Å²) in [5.74, 6) is 1.02. The summed E-state index contributed by atoms with van der Waals surface area (Å²) in [5, 5.41) is 9.12. The summed E-state index contributed by atoms with van der Waals surface area (Å²) in [6.45, 7) is 25.9. The summed E-state index contributed by atoms with van der Waals surface area (Å²) in [5.41, 5.74) is 3.23. The van der Waals surface area contributed by atoms with Crippen molar-refractivity contribution in [1.29, 1.82) is 0 Å². The highest BCUT2D eigenvalue weighted by molar-refractivity contribution is 5.90. The van der Waals surface area contributed by atoms with Crippen LogP contribution in [0.15, 0.2) is 60.9 Å². The van der Waals surface area contributed by atoms with Crippen LogP contribution in [-0.4, -0.2) is 50.5 Å². The Morgan fingerprint density at radius 2 is 0.963 bits per heavy atom. The Morgan fingerprint density at radius 3 is 1.30 bits per heavy atom. The van der Waals surface area contributed by atoms with Gasteiger partial charge in [-0.15, -0.1) is 0 Å². The number of carbonyl (C=O) groups excluding carboxylic acids is 3. The number of rotatable bonds is 12. The Hall–Kier alpha value is -4.93. The molecule has 11 heteroatoms. The minimum atomic E-state index is -1.19. The number of amides is 3. The molecular weight excluding hydrogens is 679 g/mol. The van der Waals surface area contributed by atoms with Gasteiger partial charge < -0.3 is 30.7 Å². The van der Waals surface area contributed by atoms with Gasteiger partial charge in [-0.3, -0.25) is 9.59 Å². The van der Waals surface area contributed by atoms with Gasteiger partial charge in [0.2, 0.25) is 11.8 Å². The van der Waals surface area contributed by atoms with Gasteiger partial charge in [0.1, 0.15) is 17.2 Å². The van der Waals surface area contributed by atoms with Crippen molar-refractivity contribution in [2.75, 3.05) is 7.11 Å². The lowest BCUT2D eigenvalue weighted by atomic mass is 9.79. The van der Waals surface area contributed by atoms with Crippen molar-refractivity contribution >= 4 is 17.9 Å². The predicted molar refractivity (Wildman–Crippen MR) is 215 cm³/mol. The first-order chi connectivity index (χ1) is 25.0. The van der Waals surface area contributed by atoms with Crippen LogP contribution in [0.2, 0.25) is 0 Å². The van der Waals surface area contributed by atoms with E-state index in [1.165, 1.54) is 7.11 Å². The lowest BCUT2D eigenvalue weighted by Gasteiger charge is -2.37. The van der Waals surface area contributed by atoms with Crippen LogP contribution in [0.1, 0.15) is 114 Å². The van der Waals surface area contributed by atoms with Gasteiger partial charge in [0.25, 0.3) is 0 Å². The van der Waals surface area contributed by atoms with Crippen LogP contribution < -0.4 is 16.0 Å². The molecule has 0 saturated heterocycles. The van der Waals surface area contributed by atoms with Gasteiger partial charge in [-0.25, -0.2) is 14.8 Å². The molecule has 2 aromatic heterocycles.